The number of carboxylic acid groups (broad SMARTS) is 1. The lowest BCUT2D eigenvalue weighted by atomic mass is 10.2. The van der Waals surface area contributed by atoms with Gasteiger partial charge in [0.2, 0.25) is 5.12 Å². The Bertz CT molecular complexity index is 308. The maximum Gasteiger partial charge on any atom is 0.219 e. The maximum atomic E-state index is 11.2. The van der Waals surface area contributed by atoms with Gasteiger partial charge < -0.3 is 9.90 Å². The molecule has 0 aliphatic heterocycles. The van der Waals surface area contributed by atoms with Crippen LogP contribution in [0.1, 0.15) is 10.4 Å². The molecule has 0 saturated carbocycles. The van der Waals surface area contributed by atoms with E-state index in [1.54, 1.807) is 30.3 Å². The molecule has 0 bridgehead atoms. The van der Waals surface area contributed by atoms with Gasteiger partial charge in [0.05, 0.1) is 5.97 Å². The predicted molar refractivity (Wildman–Crippen MR) is 48.2 cm³/mol. The highest BCUT2D eigenvalue weighted by atomic mass is 32.2. The van der Waals surface area contributed by atoms with Gasteiger partial charge in [-0.25, -0.2) is 0 Å². The summed E-state index contributed by atoms with van der Waals surface area (Å²) in [7, 11) is 0. The fourth-order valence-electron chi connectivity index (χ4n) is 0.782. The van der Waals surface area contributed by atoms with E-state index in [0.717, 1.165) is 11.8 Å². The molecular weight excluding hydrogens is 188 g/mol. The van der Waals surface area contributed by atoms with Gasteiger partial charge in [-0.05, 0) is 0 Å². The quantitative estimate of drug-likeness (QED) is 0.696. The molecule has 0 heterocycles. The van der Waals surface area contributed by atoms with E-state index in [-0.39, 0.29) is 10.9 Å². The first kappa shape index (κ1) is 9.80. The Morgan fingerprint density at radius 2 is 1.85 bits per heavy atom. The molecule has 1 aromatic carbocycles. The summed E-state index contributed by atoms with van der Waals surface area (Å²) >= 11 is 0.737. The van der Waals surface area contributed by atoms with E-state index in [1.807, 2.05) is 0 Å². The van der Waals surface area contributed by atoms with Gasteiger partial charge in [-0.2, -0.15) is 0 Å². The van der Waals surface area contributed by atoms with Crippen molar-refractivity contribution in [1.82, 2.24) is 0 Å². The van der Waals surface area contributed by atoms with Gasteiger partial charge in [0.15, 0.2) is 0 Å². The topological polar surface area (TPSA) is 57.2 Å². The van der Waals surface area contributed by atoms with Crippen molar-refractivity contribution >= 4 is 22.8 Å². The van der Waals surface area contributed by atoms with Crippen LogP contribution in [0.2, 0.25) is 0 Å². The molecule has 0 aliphatic carbocycles. The second-order valence-electron chi connectivity index (χ2n) is 2.31. The first-order valence-electron chi connectivity index (χ1n) is 3.62. The van der Waals surface area contributed by atoms with Crippen LogP contribution in [0.25, 0.3) is 0 Å². The van der Waals surface area contributed by atoms with Crippen molar-refractivity contribution in [2.45, 2.75) is 0 Å². The number of benzene rings is 1. The summed E-state index contributed by atoms with van der Waals surface area (Å²) in [5.41, 5.74) is 0.508. The molecule has 0 amide bonds. The highest BCUT2D eigenvalue weighted by Gasteiger charge is 2.04. The summed E-state index contributed by atoms with van der Waals surface area (Å²) in [5, 5.41) is 9.81. The van der Waals surface area contributed by atoms with E-state index in [0.29, 0.717) is 5.56 Å². The maximum absolute atomic E-state index is 11.2. The number of carboxylic acids is 1. The Hall–Kier alpha value is -1.29. The predicted octanol–water partition coefficient (Wildman–Crippen LogP) is 0.310. The van der Waals surface area contributed by atoms with E-state index >= 15 is 0 Å². The number of rotatable bonds is 3. The van der Waals surface area contributed by atoms with Gasteiger partial charge in [-0.15, -0.1) is 0 Å². The Morgan fingerprint density at radius 3 is 2.38 bits per heavy atom. The van der Waals surface area contributed by atoms with Crippen molar-refractivity contribution in [3.05, 3.63) is 35.9 Å². The van der Waals surface area contributed by atoms with Crippen LogP contribution in [0, 0.1) is 0 Å². The van der Waals surface area contributed by atoms with E-state index in [9.17, 15) is 14.7 Å². The number of thioether (sulfide) groups is 1. The van der Waals surface area contributed by atoms with Gasteiger partial charge in [0, 0.05) is 11.3 Å². The molecule has 4 heteroatoms. The van der Waals surface area contributed by atoms with E-state index in [1.165, 1.54) is 0 Å². The second kappa shape index (κ2) is 4.67. The Labute approximate surface area is 79.8 Å². The summed E-state index contributed by atoms with van der Waals surface area (Å²) in [6, 6.07) is 8.54. The molecule has 0 saturated heterocycles. The van der Waals surface area contributed by atoms with Crippen LogP contribution in [0.5, 0.6) is 0 Å². The molecule has 0 fully saturated rings. The summed E-state index contributed by atoms with van der Waals surface area (Å²) in [4.78, 5) is 21.3. The molecule has 0 radical (unpaired) electrons. The minimum atomic E-state index is -1.23. The lowest BCUT2D eigenvalue weighted by Gasteiger charge is -2.00. The van der Waals surface area contributed by atoms with Crippen LogP contribution in [0.3, 0.4) is 0 Å². The van der Waals surface area contributed by atoms with Gasteiger partial charge >= 0.3 is 0 Å². The van der Waals surface area contributed by atoms with Crippen LogP contribution in [-0.4, -0.2) is 16.8 Å². The van der Waals surface area contributed by atoms with E-state index < -0.39 is 5.97 Å². The first-order valence-corrected chi connectivity index (χ1v) is 4.61. The number of hydrogen-bond acceptors (Lipinski definition) is 4. The van der Waals surface area contributed by atoms with Crippen LogP contribution in [0.15, 0.2) is 30.3 Å². The summed E-state index contributed by atoms with van der Waals surface area (Å²) in [6.07, 6.45) is 0. The monoisotopic (exact) mass is 195 g/mol. The minimum Gasteiger partial charge on any atom is -0.549 e. The molecule has 0 N–H and O–H groups in total. The van der Waals surface area contributed by atoms with Crippen LogP contribution < -0.4 is 5.11 Å². The Kier molecular flexibility index (Phi) is 3.52. The molecule has 1 aromatic rings. The molecule has 0 aromatic heterocycles. The molecule has 1 rings (SSSR count). The van der Waals surface area contributed by atoms with Crippen molar-refractivity contribution in [2.24, 2.45) is 0 Å². The largest absolute Gasteiger partial charge is 0.549 e. The van der Waals surface area contributed by atoms with Crippen molar-refractivity contribution in [1.29, 1.82) is 0 Å². The van der Waals surface area contributed by atoms with Crippen LogP contribution >= 0.6 is 11.8 Å². The standard InChI is InChI=1S/C9H8O3S/c10-8(11)6-13-9(12)7-4-2-1-3-5-7/h1-5H,6H2,(H,10,11)/p-1. The summed E-state index contributed by atoms with van der Waals surface area (Å²) in [5.74, 6) is -1.53. The van der Waals surface area contributed by atoms with E-state index in [2.05, 4.69) is 0 Å². The molecule has 0 unspecified atom stereocenters. The van der Waals surface area contributed by atoms with Crippen LogP contribution in [-0.2, 0) is 4.79 Å². The highest BCUT2D eigenvalue weighted by molar-refractivity contribution is 8.14. The first-order chi connectivity index (χ1) is 6.20. The summed E-state index contributed by atoms with van der Waals surface area (Å²) in [6.45, 7) is 0. The van der Waals surface area contributed by atoms with Crippen molar-refractivity contribution in [3.63, 3.8) is 0 Å². The molecular formula is C9H7O3S-. The smallest absolute Gasteiger partial charge is 0.219 e. The Morgan fingerprint density at radius 1 is 1.23 bits per heavy atom. The average molecular weight is 195 g/mol. The second-order valence-corrected chi connectivity index (χ2v) is 3.26. The Balaban J connectivity index is 2.54. The van der Waals surface area contributed by atoms with Gasteiger partial charge in [-0.3, -0.25) is 4.79 Å². The molecule has 0 spiro atoms. The number of aliphatic carboxylic acids is 1. The molecule has 68 valence electrons. The highest BCUT2D eigenvalue weighted by Crippen LogP contribution is 2.10. The molecule has 13 heavy (non-hydrogen) atoms. The third-order valence-electron chi connectivity index (χ3n) is 1.33. The van der Waals surface area contributed by atoms with Crippen LogP contribution in [0.4, 0.5) is 0 Å². The number of hydrogen-bond donors (Lipinski definition) is 0. The zero-order chi connectivity index (χ0) is 9.68. The lowest BCUT2D eigenvalue weighted by molar-refractivity contribution is -0.301. The van der Waals surface area contributed by atoms with E-state index in [4.69, 9.17) is 0 Å². The fourth-order valence-corrected chi connectivity index (χ4v) is 1.33. The fraction of sp³-hybridized carbons (Fsp3) is 0.111. The molecule has 3 nitrogen and oxygen atoms in total. The molecule has 0 aliphatic rings. The molecule has 0 atom stereocenters. The minimum absolute atomic E-state index is 0.246. The zero-order valence-corrected chi connectivity index (χ0v) is 7.54. The van der Waals surface area contributed by atoms with Gasteiger partial charge in [0.1, 0.15) is 0 Å². The van der Waals surface area contributed by atoms with Gasteiger partial charge in [-0.1, -0.05) is 42.1 Å². The van der Waals surface area contributed by atoms with Crippen molar-refractivity contribution < 1.29 is 14.7 Å². The normalized spacial score (nSPS) is 9.54. The van der Waals surface area contributed by atoms with Crippen molar-refractivity contribution in [3.8, 4) is 0 Å². The van der Waals surface area contributed by atoms with Crippen molar-refractivity contribution in [2.75, 3.05) is 5.75 Å². The summed E-state index contributed by atoms with van der Waals surface area (Å²) < 4.78 is 0. The average Bonchev–Trinajstić information content (AvgIpc) is 2.15. The lowest BCUT2D eigenvalue weighted by Crippen LogP contribution is -2.25. The zero-order valence-electron chi connectivity index (χ0n) is 6.73. The number of carbonyl (C=O) groups excluding carboxylic acids is 2. The number of carbonyl (C=O) groups is 2. The third-order valence-corrected chi connectivity index (χ3v) is 2.21. The van der Waals surface area contributed by atoms with Gasteiger partial charge in [0.25, 0.3) is 0 Å². The third kappa shape index (κ3) is 3.29. The SMILES string of the molecule is O=C([O-])CSC(=O)c1ccccc1.